The van der Waals surface area contributed by atoms with Gasteiger partial charge in [-0.05, 0) is 14.0 Å². The Morgan fingerprint density at radius 1 is 1.53 bits per heavy atom. The minimum atomic E-state index is 0.240. The van der Waals surface area contributed by atoms with Crippen molar-refractivity contribution in [1.82, 2.24) is 20.3 Å². The molecule has 0 unspecified atom stereocenters. The predicted molar refractivity (Wildman–Crippen MR) is 71.6 cm³/mol. The maximum Gasteiger partial charge on any atom is 0.223 e. The Bertz CT molecular complexity index is 413. The van der Waals surface area contributed by atoms with Crippen LogP contribution >= 0.6 is 0 Å². The third-order valence-corrected chi connectivity index (χ3v) is 3.29. The second kappa shape index (κ2) is 6.68. The molecule has 6 heteroatoms. The number of hydrogen-bond acceptors (Lipinski definition) is 5. The molecule has 0 spiro atoms. The summed E-state index contributed by atoms with van der Waals surface area (Å²) >= 11 is 0. The molecule has 6 nitrogen and oxygen atoms in total. The number of nitrogens with zero attached hydrogens (tertiary/aromatic N) is 3. The number of piperazine rings is 1. The Morgan fingerprint density at radius 3 is 2.89 bits per heavy atom. The first-order valence-electron chi connectivity index (χ1n) is 6.74. The van der Waals surface area contributed by atoms with E-state index in [9.17, 15) is 4.79 Å². The van der Waals surface area contributed by atoms with Crippen molar-refractivity contribution < 1.29 is 9.32 Å². The van der Waals surface area contributed by atoms with Gasteiger partial charge in [0.05, 0.1) is 5.69 Å². The molecule has 0 saturated carbocycles. The Kier molecular flexibility index (Phi) is 4.93. The van der Waals surface area contributed by atoms with Crippen molar-refractivity contribution in [2.75, 3.05) is 39.8 Å². The first-order chi connectivity index (χ1) is 9.15. The smallest absolute Gasteiger partial charge is 0.223 e. The van der Waals surface area contributed by atoms with Gasteiger partial charge in [0.2, 0.25) is 5.91 Å². The Hall–Kier alpha value is -1.40. The van der Waals surface area contributed by atoms with Crippen LogP contribution in [0.5, 0.6) is 0 Å². The van der Waals surface area contributed by atoms with Crippen LogP contribution in [-0.2, 0) is 11.3 Å². The summed E-state index contributed by atoms with van der Waals surface area (Å²) in [6.45, 7) is 6.79. The van der Waals surface area contributed by atoms with Gasteiger partial charge in [-0.25, -0.2) is 0 Å². The van der Waals surface area contributed by atoms with E-state index in [0.717, 1.165) is 44.2 Å². The minimum absolute atomic E-state index is 0.240. The molecule has 0 bridgehead atoms. The van der Waals surface area contributed by atoms with Crippen molar-refractivity contribution in [2.45, 2.75) is 19.9 Å². The van der Waals surface area contributed by atoms with Crippen LogP contribution in [0.15, 0.2) is 10.6 Å². The zero-order valence-electron chi connectivity index (χ0n) is 11.7. The lowest BCUT2D eigenvalue weighted by Gasteiger charge is -2.28. The molecule has 1 fully saturated rings. The van der Waals surface area contributed by atoms with Gasteiger partial charge < -0.3 is 14.7 Å². The zero-order chi connectivity index (χ0) is 13.7. The van der Waals surface area contributed by atoms with Crippen molar-refractivity contribution in [2.24, 2.45) is 0 Å². The van der Waals surface area contributed by atoms with E-state index >= 15 is 0 Å². The summed E-state index contributed by atoms with van der Waals surface area (Å²) in [5, 5.41) is 7.20. The van der Waals surface area contributed by atoms with E-state index in [2.05, 4.69) is 15.4 Å². The normalized spacial score (nSPS) is 16.1. The Labute approximate surface area is 113 Å². The summed E-state index contributed by atoms with van der Waals surface area (Å²) in [6, 6.07) is 1.93. The number of nitrogens with one attached hydrogen (secondary N) is 1. The van der Waals surface area contributed by atoms with E-state index in [1.54, 1.807) is 0 Å². The van der Waals surface area contributed by atoms with E-state index in [-0.39, 0.29) is 5.91 Å². The highest BCUT2D eigenvalue weighted by molar-refractivity contribution is 5.76. The number of amides is 1. The molecule has 0 aromatic carbocycles. The molecule has 1 aliphatic heterocycles. The molecule has 2 rings (SSSR count). The second-order valence-corrected chi connectivity index (χ2v) is 5.05. The average Bonchev–Trinajstić information content (AvgIpc) is 2.82. The summed E-state index contributed by atoms with van der Waals surface area (Å²) in [7, 11) is 2.00. The lowest BCUT2D eigenvalue weighted by atomic mass is 10.3. The van der Waals surface area contributed by atoms with Crippen LogP contribution in [-0.4, -0.2) is 60.6 Å². The molecule has 1 aromatic rings. The molecule has 0 aliphatic carbocycles. The topological polar surface area (TPSA) is 61.6 Å². The monoisotopic (exact) mass is 266 g/mol. The lowest BCUT2D eigenvalue weighted by molar-refractivity contribution is -0.132. The van der Waals surface area contributed by atoms with Crippen LogP contribution < -0.4 is 5.32 Å². The minimum Gasteiger partial charge on any atom is -0.361 e. The van der Waals surface area contributed by atoms with Gasteiger partial charge in [-0.15, -0.1) is 0 Å². The molecule has 2 heterocycles. The van der Waals surface area contributed by atoms with E-state index in [1.807, 2.05) is 24.9 Å². The number of hydrogen-bond donors (Lipinski definition) is 1. The molecule has 1 N–H and O–H groups in total. The van der Waals surface area contributed by atoms with Gasteiger partial charge in [-0.1, -0.05) is 5.16 Å². The van der Waals surface area contributed by atoms with E-state index < -0.39 is 0 Å². The largest absolute Gasteiger partial charge is 0.361 e. The molecule has 106 valence electrons. The van der Waals surface area contributed by atoms with Gasteiger partial charge in [0.1, 0.15) is 5.76 Å². The summed E-state index contributed by atoms with van der Waals surface area (Å²) in [5.41, 5.74) is 0.912. The molecule has 1 amide bonds. The number of aryl methyl sites for hydroxylation is 1. The molecule has 1 aromatic heterocycles. The number of aromatic nitrogens is 1. The van der Waals surface area contributed by atoms with Gasteiger partial charge in [-0.3, -0.25) is 9.69 Å². The summed E-state index contributed by atoms with van der Waals surface area (Å²) < 4.78 is 5.03. The van der Waals surface area contributed by atoms with Gasteiger partial charge in [0.25, 0.3) is 0 Å². The van der Waals surface area contributed by atoms with Crippen molar-refractivity contribution in [3.8, 4) is 0 Å². The van der Waals surface area contributed by atoms with Gasteiger partial charge in [-0.2, -0.15) is 0 Å². The van der Waals surface area contributed by atoms with Crippen molar-refractivity contribution >= 4 is 5.91 Å². The van der Waals surface area contributed by atoms with Gasteiger partial charge >= 0.3 is 0 Å². The van der Waals surface area contributed by atoms with Gasteiger partial charge in [0.15, 0.2) is 0 Å². The first-order valence-corrected chi connectivity index (χ1v) is 6.74. The highest BCUT2D eigenvalue weighted by Crippen LogP contribution is 2.05. The fraction of sp³-hybridized carbons (Fsp3) is 0.692. The second-order valence-electron chi connectivity index (χ2n) is 5.05. The van der Waals surface area contributed by atoms with Crippen LogP contribution in [0.3, 0.4) is 0 Å². The number of rotatable bonds is 5. The third kappa shape index (κ3) is 4.33. The number of carbonyl (C=O) groups is 1. The van der Waals surface area contributed by atoms with Crippen molar-refractivity contribution in [3.63, 3.8) is 0 Å². The molecule has 1 saturated heterocycles. The Morgan fingerprint density at radius 2 is 2.26 bits per heavy atom. The fourth-order valence-electron chi connectivity index (χ4n) is 2.21. The van der Waals surface area contributed by atoms with Crippen LogP contribution in [0.2, 0.25) is 0 Å². The lowest BCUT2D eigenvalue weighted by Crippen LogP contribution is -2.47. The number of carbonyl (C=O) groups excluding carboxylic acids is 1. The quantitative estimate of drug-likeness (QED) is 0.827. The standard InChI is InChI=1S/C13H22N4O2/c1-11-9-12(15-19-11)10-16(2)6-3-13(18)17-7-4-14-5-8-17/h9,14H,3-8,10H2,1-2H3. The molecular weight excluding hydrogens is 244 g/mol. The predicted octanol–water partition coefficient (Wildman–Crippen LogP) is 0.237. The van der Waals surface area contributed by atoms with Crippen LogP contribution in [0.1, 0.15) is 17.9 Å². The maximum absolute atomic E-state index is 12.0. The van der Waals surface area contributed by atoms with E-state index in [1.165, 1.54) is 0 Å². The molecular formula is C13H22N4O2. The van der Waals surface area contributed by atoms with Gasteiger partial charge in [0, 0.05) is 51.8 Å². The summed E-state index contributed by atoms with van der Waals surface area (Å²) in [4.78, 5) is 16.0. The molecule has 19 heavy (non-hydrogen) atoms. The summed E-state index contributed by atoms with van der Waals surface area (Å²) in [6.07, 6.45) is 0.563. The first kappa shape index (κ1) is 14.0. The fourth-order valence-corrected chi connectivity index (χ4v) is 2.21. The van der Waals surface area contributed by atoms with Crippen LogP contribution in [0.4, 0.5) is 0 Å². The van der Waals surface area contributed by atoms with E-state index in [0.29, 0.717) is 13.0 Å². The highest BCUT2D eigenvalue weighted by Gasteiger charge is 2.16. The highest BCUT2D eigenvalue weighted by atomic mass is 16.5. The SMILES string of the molecule is Cc1cc(CN(C)CCC(=O)N2CCNCC2)no1. The van der Waals surface area contributed by atoms with Crippen LogP contribution in [0.25, 0.3) is 0 Å². The van der Waals surface area contributed by atoms with E-state index in [4.69, 9.17) is 4.52 Å². The van der Waals surface area contributed by atoms with Crippen LogP contribution in [0, 0.1) is 6.92 Å². The van der Waals surface area contributed by atoms with Crippen molar-refractivity contribution in [3.05, 3.63) is 17.5 Å². The Balaban J connectivity index is 1.70. The summed E-state index contributed by atoms with van der Waals surface area (Å²) in [5.74, 6) is 1.06. The maximum atomic E-state index is 12.0. The molecule has 0 radical (unpaired) electrons. The molecule has 0 atom stereocenters. The molecule has 1 aliphatic rings. The van der Waals surface area contributed by atoms with Crippen molar-refractivity contribution in [1.29, 1.82) is 0 Å². The third-order valence-electron chi connectivity index (χ3n) is 3.29. The zero-order valence-corrected chi connectivity index (χ0v) is 11.7. The average molecular weight is 266 g/mol.